The van der Waals surface area contributed by atoms with Crippen LogP contribution in [-0.2, 0) is 0 Å². The molecule has 0 radical (unpaired) electrons. The average molecular weight is 363 g/mol. The Hall–Kier alpha value is -2.67. The number of aromatic amines is 1. The number of hydrogen-bond acceptors (Lipinski definition) is 6. The Bertz CT molecular complexity index is 968. The van der Waals surface area contributed by atoms with Crippen molar-refractivity contribution in [2.45, 2.75) is 57.7 Å². The zero-order valence-corrected chi connectivity index (χ0v) is 15.7. The number of piperidine rings is 1. The fraction of sp³-hybridized carbons (Fsp3) is 0.450. The number of nitrogens with zero attached hydrogens (tertiary/aromatic N) is 3. The summed E-state index contributed by atoms with van der Waals surface area (Å²) in [6, 6.07) is 9.85. The van der Waals surface area contributed by atoms with Crippen LogP contribution < -0.4 is 16.0 Å². The maximum absolute atomic E-state index is 4.86. The van der Waals surface area contributed by atoms with Crippen LogP contribution in [0.3, 0.4) is 0 Å². The number of pyridine rings is 2. The molecule has 2 fully saturated rings. The second-order valence-electron chi connectivity index (χ2n) is 7.89. The van der Waals surface area contributed by atoms with Gasteiger partial charge in [0, 0.05) is 47.0 Å². The Morgan fingerprint density at radius 3 is 2.56 bits per heavy atom. The van der Waals surface area contributed by atoms with E-state index in [-0.39, 0.29) is 0 Å². The molecule has 4 N–H and O–H groups in total. The van der Waals surface area contributed by atoms with Gasteiger partial charge in [0.15, 0.2) is 5.82 Å². The van der Waals surface area contributed by atoms with Crippen LogP contribution in [0, 0.1) is 13.8 Å². The number of nitrogens with one attached hydrogen (secondary N) is 4. The standard InChI is InChI=1S/C20H25N7/c1-11-3-6-16-17(21-11)10-18(24-19-7-12(2)26-27-19)25-20(16)23-15-8-13-4-5-14(9-15)22-13/h3,6-7,10,13-15,22H,4-5,8-9H2,1-2H3,(H3,23,24,25,26,27)/t13-,14+,15?. The van der Waals surface area contributed by atoms with E-state index in [1.807, 2.05) is 32.0 Å². The van der Waals surface area contributed by atoms with Gasteiger partial charge >= 0.3 is 0 Å². The Morgan fingerprint density at radius 1 is 1.00 bits per heavy atom. The lowest BCUT2D eigenvalue weighted by atomic mass is 9.99. The number of rotatable bonds is 4. The van der Waals surface area contributed by atoms with E-state index in [4.69, 9.17) is 9.97 Å². The lowest BCUT2D eigenvalue weighted by Gasteiger charge is -2.30. The summed E-state index contributed by atoms with van der Waals surface area (Å²) in [5, 5.41) is 19.0. The van der Waals surface area contributed by atoms with E-state index in [9.17, 15) is 0 Å². The highest BCUT2D eigenvalue weighted by atomic mass is 15.2. The number of aromatic nitrogens is 4. The van der Waals surface area contributed by atoms with Crippen LogP contribution in [0.4, 0.5) is 17.5 Å². The summed E-state index contributed by atoms with van der Waals surface area (Å²) < 4.78 is 0. The lowest BCUT2D eigenvalue weighted by molar-refractivity contribution is 0.378. The van der Waals surface area contributed by atoms with Crippen molar-refractivity contribution >= 4 is 28.4 Å². The summed E-state index contributed by atoms with van der Waals surface area (Å²) in [5.74, 6) is 2.42. The molecule has 3 atom stereocenters. The topological polar surface area (TPSA) is 90.6 Å². The van der Waals surface area contributed by atoms with Gasteiger partial charge in [-0.3, -0.25) is 10.1 Å². The number of anilines is 3. The first-order valence-electron chi connectivity index (χ1n) is 9.72. The molecule has 7 heteroatoms. The van der Waals surface area contributed by atoms with Gasteiger partial charge in [0.05, 0.1) is 5.52 Å². The maximum Gasteiger partial charge on any atom is 0.153 e. The summed E-state index contributed by atoms with van der Waals surface area (Å²) in [6.07, 6.45) is 4.88. The second kappa shape index (κ2) is 6.49. The van der Waals surface area contributed by atoms with E-state index >= 15 is 0 Å². The third kappa shape index (κ3) is 3.35. The quantitative estimate of drug-likeness (QED) is 0.568. The summed E-state index contributed by atoms with van der Waals surface area (Å²) in [4.78, 5) is 9.58. The molecule has 2 aliphatic heterocycles. The average Bonchev–Trinajstić information content (AvgIpc) is 3.19. The van der Waals surface area contributed by atoms with Crippen LogP contribution in [0.5, 0.6) is 0 Å². The van der Waals surface area contributed by atoms with Crippen LogP contribution in [0.15, 0.2) is 24.3 Å². The number of fused-ring (bicyclic) bond motifs is 3. The zero-order chi connectivity index (χ0) is 18.4. The normalized spacial score (nSPS) is 24.3. The fourth-order valence-electron chi connectivity index (χ4n) is 4.39. The Morgan fingerprint density at radius 2 is 1.81 bits per heavy atom. The van der Waals surface area contributed by atoms with Crippen molar-refractivity contribution in [2.75, 3.05) is 10.6 Å². The molecule has 1 unspecified atom stereocenters. The minimum absolute atomic E-state index is 0.448. The minimum atomic E-state index is 0.448. The molecule has 2 saturated heterocycles. The first-order chi connectivity index (χ1) is 13.1. The van der Waals surface area contributed by atoms with Crippen LogP contribution in [-0.4, -0.2) is 38.3 Å². The molecular weight excluding hydrogens is 338 g/mol. The summed E-state index contributed by atoms with van der Waals surface area (Å²) in [6.45, 7) is 4.00. The van der Waals surface area contributed by atoms with Gasteiger partial charge in [-0.05, 0) is 51.7 Å². The maximum atomic E-state index is 4.86. The molecular formula is C20H25N7. The molecule has 0 saturated carbocycles. The first-order valence-corrected chi connectivity index (χ1v) is 9.72. The summed E-state index contributed by atoms with van der Waals surface area (Å²) >= 11 is 0. The van der Waals surface area contributed by atoms with Gasteiger partial charge < -0.3 is 16.0 Å². The molecule has 5 heterocycles. The molecule has 0 spiro atoms. The zero-order valence-electron chi connectivity index (χ0n) is 15.7. The van der Waals surface area contributed by atoms with Gasteiger partial charge in [0.1, 0.15) is 11.6 Å². The predicted molar refractivity (Wildman–Crippen MR) is 107 cm³/mol. The van der Waals surface area contributed by atoms with E-state index in [1.54, 1.807) is 0 Å². The number of hydrogen-bond donors (Lipinski definition) is 4. The van der Waals surface area contributed by atoms with Crippen molar-refractivity contribution < 1.29 is 0 Å². The molecule has 27 heavy (non-hydrogen) atoms. The molecule has 0 aliphatic carbocycles. The van der Waals surface area contributed by atoms with Gasteiger partial charge in [0.2, 0.25) is 0 Å². The summed E-state index contributed by atoms with van der Waals surface area (Å²) in [5.41, 5.74) is 2.95. The van der Waals surface area contributed by atoms with E-state index in [0.717, 1.165) is 52.6 Å². The summed E-state index contributed by atoms with van der Waals surface area (Å²) in [7, 11) is 0. The van der Waals surface area contributed by atoms with E-state index in [2.05, 4.69) is 32.2 Å². The lowest BCUT2D eigenvalue weighted by Crippen LogP contribution is -2.43. The fourth-order valence-corrected chi connectivity index (χ4v) is 4.39. The number of aryl methyl sites for hydroxylation is 2. The predicted octanol–water partition coefficient (Wildman–Crippen LogP) is 3.41. The van der Waals surface area contributed by atoms with Crippen molar-refractivity contribution in [3.05, 3.63) is 35.7 Å². The molecule has 140 valence electrons. The van der Waals surface area contributed by atoms with Crippen LogP contribution in [0.2, 0.25) is 0 Å². The highest BCUT2D eigenvalue weighted by Crippen LogP contribution is 2.31. The van der Waals surface area contributed by atoms with E-state index in [1.165, 1.54) is 12.8 Å². The van der Waals surface area contributed by atoms with Crippen molar-refractivity contribution in [3.63, 3.8) is 0 Å². The largest absolute Gasteiger partial charge is 0.367 e. The number of H-pyrrole nitrogens is 1. The molecule has 2 bridgehead atoms. The van der Waals surface area contributed by atoms with Crippen molar-refractivity contribution in [3.8, 4) is 0 Å². The highest BCUT2D eigenvalue weighted by Gasteiger charge is 2.33. The van der Waals surface area contributed by atoms with Crippen molar-refractivity contribution in [1.82, 2.24) is 25.5 Å². The van der Waals surface area contributed by atoms with Gasteiger partial charge in [-0.1, -0.05) is 0 Å². The van der Waals surface area contributed by atoms with Crippen molar-refractivity contribution in [1.29, 1.82) is 0 Å². The third-order valence-electron chi connectivity index (χ3n) is 5.60. The smallest absolute Gasteiger partial charge is 0.153 e. The van der Waals surface area contributed by atoms with Gasteiger partial charge in [0.25, 0.3) is 0 Å². The minimum Gasteiger partial charge on any atom is -0.367 e. The van der Waals surface area contributed by atoms with Gasteiger partial charge in [-0.25, -0.2) is 4.98 Å². The monoisotopic (exact) mass is 363 g/mol. The highest BCUT2D eigenvalue weighted by molar-refractivity contribution is 5.91. The second-order valence-corrected chi connectivity index (χ2v) is 7.89. The molecule has 5 rings (SSSR count). The molecule has 0 aromatic carbocycles. The van der Waals surface area contributed by atoms with Crippen LogP contribution in [0.1, 0.15) is 37.1 Å². The van der Waals surface area contributed by atoms with E-state index < -0.39 is 0 Å². The Kier molecular flexibility index (Phi) is 3.97. The SMILES string of the molecule is Cc1ccc2c(NC3C[C@H]4CC[C@@H](C3)N4)nc(Nc3cc(C)[nH]n3)cc2n1. The van der Waals surface area contributed by atoms with Crippen LogP contribution >= 0.6 is 0 Å². The Balaban J connectivity index is 1.49. The van der Waals surface area contributed by atoms with Gasteiger partial charge in [-0.2, -0.15) is 5.10 Å². The van der Waals surface area contributed by atoms with Crippen LogP contribution in [0.25, 0.3) is 10.9 Å². The first kappa shape index (κ1) is 16.5. The molecule has 2 aliphatic rings. The van der Waals surface area contributed by atoms with Crippen molar-refractivity contribution in [2.24, 2.45) is 0 Å². The Labute approximate surface area is 158 Å². The van der Waals surface area contributed by atoms with E-state index in [0.29, 0.717) is 18.1 Å². The third-order valence-corrected chi connectivity index (χ3v) is 5.60. The molecule has 3 aromatic heterocycles. The van der Waals surface area contributed by atoms with Gasteiger partial charge in [-0.15, -0.1) is 0 Å². The molecule has 7 nitrogen and oxygen atoms in total. The molecule has 3 aromatic rings. The molecule has 0 amide bonds.